The molecule has 0 spiro atoms. The van der Waals surface area contributed by atoms with Crippen LogP contribution in [0.3, 0.4) is 0 Å². The van der Waals surface area contributed by atoms with Crippen molar-refractivity contribution in [3.05, 3.63) is 18.1 Å². The maximum atomic E-state index is 13.2. The van der Waals surface area contributed by atoms with Gasteiger partial charge in [-0.1, -0.05) is 19.8 Å². The van der Waals surface area contributed by atoms with Gasteiger partial charge in [0, 0.05) is 6.07 Å². The van der Waals surface area contributed by atoms with E-state index in [9.17, 15) is 9.50 Å². The molecule has 0 fully saturated rings. The zero-order valence-corrected chi connectivity index (χ0v) is 11.3. The lowest BCUT2D eigenvalue weighted by atomic mass is 10.1. The summed E-state index contributed by atoms with van der Waals surface area (Å²) in [6, 6.07) is 1.12. The summed E-state index contributed by atoms with van der Waals surface area (Å²) in [4.78, 5) is 12.0. The number of aromatic nitrogens is 3. The average molecular weight is 279 g/mol. The molecule has 0 amide bonds. The Morgan fingerprint density at radius 1 is 1.45 bits per heavy atom. The van der Waals surface area contributed by atoms with Crippen molar-refractivity contribution < 1.29 is 9.50 Å². The largest absolute Gasteiger partial charge is 0.394 e. The minimum absolute atomic E-state index is 0.0212. The molecule has 0 bridgehead atoms. The van der Waals surface area contributed by atoms with Crippen LogP contribution in [0.15, 0.2) is 12.3 Å². The molecule has 0 aliphatic heterocycles. The fourth-order valence-corrected chi connectivity index (χ4v) is 1.97. The van der Waals surface area contributed by atoms with Gasteiger partial charge in [0.2, 0.25) is 5.95 Å². The number of halogens is 1. The fraction of sp³-hybridized carbons (Fsp3) is 0.462. The summed E-state index contributed by atoms with van der Waals surface area (Å²) >= 11 is 0. The summed E-state index contributed by atoms with van der Waals surface area (Å²) in [5.41, 5.74) is 6.40. The Hall–Kier alpha value is -2.02. The van der Waals surface area contributed by atoms with E-state index in [4.69, 9.17) is 5.73 Å². The molecule has 4 N–H and O–H groups in total. The molecule has 20 heavy (non-hydrogen) atoms. The number of aliphatic hydroxyl groups excluding tert-OH is 1. The Labute approximate surface area is 116 Å². The summed E-state index contributed by atoms with van der Waals surface area (Å²) in [5.74, 6) is -0.0199. The van der Waals surface area contributed by atoms with Crippen molar-refractivity contribution in [1.29, 1.82) is 0 Å². The molecule has 0 saturated heterocycles. The summed E-state index contributed by atoms with van der Waals surface area (Å²) < 4.78 is 13.2. The summed E-state index contributed by atoms with van der Waals surface area (Å²) in [6.07, 6.45) is 3.93. The predicted molar refractivity (Wildman–Crippen MR) is 75.7 cm³/mol. The molecule has 0 aromatic carbocycles. The lowest BCUT2D eigenvalue weighted by molar-refractivity contribution is 0.267. The van der Waals surface area contributed by atoms with E-state index in [0.717, 1.165) is 25.5 Å². The highest BCUT2D eigenvalue weighted by Crippen LogP contribution is 2.21. The second-order valence-corrected chi connectivity index (χ2v) is 4.62. The molecule has 0 aliphatic rings. The van der Waals surface area contributed by atoms with Gasteiger partial charge in [-0.3, -0.25) is 0 Å². The van der Waals surface area contributed by atoms with Gasteiger partial charge in [-0.2, -0.15) is 4.98 Å². The number of anilines is 2. The molecule has 1 atom stereocenters. The van der Waals surface area contributed by atoms with Crippen LogP contribution in [0.1, 0.15) is 26.2 Å². The Bertz CT molecular complexity index is 587. The van der Waals surface area contributed by atoms with Crippen LogP contribution in [0.4, 0.5) is 16.2 Å². The molecule has 2 heterocycles. The lowest BCUT2D eigenvalue weighted by Crippen LogP contribution is -2.24. The van der Waals surface area contributed by atoms with Gasteiger partial charge in [0.15, 0.2) is 5.82 Å². The molecule has 0 radical (unpaired) electrons. The number of nitrogen functional groups attached to an aromatic ring is 1. The third-order valence-electron chi connectivity index (χ3n) is 2.99. The van der Waals surface area contributed by atoms with Crippen molar-refractivity contribution in [3.63, 3.8) is 0 Å². The molecule has 0 aliphatic carbocycles. The maximum absolute atomic E-state index is 13.2. The number of aliphatic hydroxyl groups is 1. The number of pyridine rings is 1. The van der Waals surface area contributed by atoms with Crippen molar-refractivity contribution in [3.8, 4) is 0 Å². The SMILES string of the molecule is CCCCC(CO)Nc1nc(N)nc2cc(F)cnc12. The van der Waals surface area contributed by atoms with Crippen molar-refractivity contribution in [2.75, 3.05) is 17.7 Å². The van der Waals surface area contributed by atoms with Gasteiger partial charge in [-0.05, 0) is 6.42 Å². The standard InChI is InChI=1S/C13H18FN5O/c1-2-3-4-9(7-20)17-12-11-10(18-13(15)19-12)5-8(14)6-16-11/h5-6,9,20H,2-4,7H2,1H3,(H3,15,17,18,19). The van der Waals surface area contributed by atoms with E-state index in [0.29, 0.717) is 16.9 Å². The molecule has 2 aromatic rings. The van der Waals surface area contributed by atoms with Crippen molar-refractivity contribution in [2.45, 2.75) is 32.2 Å². The van der Waals surface area contributed by atoms with Crippen LogP contribution >= 0.6 is 0 Å². The van der Waals surface area contributed by atoms with Crippen LogP contribution in [0, 0.1) is 5.82 Å². The first-order chi connectivity index (χ1) is 9.63. The van der Waals surface area contributed by atoms with Crippen molar-refractivity contribution >= 4 is 22.8 Å². The number of hydrogen-bond acceptors (Lipinski definition) is 6. The van der Waals surface area contributed by atoms with Crippen LogP contribution < -0.4 is 11.1 Å². The van der Waals surface area contributed by atoms with Gasteiger partial charge < -0.3 is 16.2 Å². The maximum Gasteiger partial charge on any atom is 0.222 e. The van der Waals surface area contributed by atoms with Gasteiger partial charge in [0.05, 0.1) is 24.4 Å². The Kier molecular flexibility index (Phi) is 4.62. The molecular weight excluding hydrogens is 261 g/mol. The number of hydrogen-bond donors (Lipinski definition) is 3. The number of fused-ring (bicyclic) bond motifs is 1. The van der Waals surface area contributed by atoms with Crippen LogP contribution in [0.5, 0.6) is 0 Å². The highest BCUT2D eigenvalue weighted by atomic mass is 19.1. The molecule has 2 rings (SSSR count). The molecule has 0 saturated carbocycles. The normalized spacial score (nSPS) is 12.6. The third kappa shape index (κ3) is 3.30. The third-order valence-corrected chi connectivity index (χ3v) is 2.99. The topological polar surface area (TPSA) is 97.0 Å². The van der Waals surface area contributed by atoms with E-state index in [1.54, 1.807) is 0 Å². The molecule has 108 valence electrons. The van der Waals surface area contributed by atoms with Crippen LogP contribution in [0.25, 0.3) is 11.0 Å². The second-order valence-electron chi connectivity index (χ2n) is 4.62. The molecule has 1 unspecified atom stereocenters. The monoisotopic (exact) mass is 279 g/mol. The average Bonchev–Trinajstić information content (AvgIpc) is 2.42. The number of nitrogens with zero attached hydrogens (tertiary/aromatic N) is 3. The minimum atomic E-state index is -0.480. The van der Waals surface area contributed by atoms with Crippen LogP contribution in [-0.4, -0.2) is 32.7 Å². The van der Waals surface area contributed by atoms with Gasteiger partial charge in [0.25, 0.3) is 0 Å². The quantitative estimate of drug-likeness (QED) is 0.744. The Morgan fingerprint density at radius 3 is 2.95 bits per heavy atom. The van der Waals surface area contributed by atoms with E-state index in [1.165, 1.54) is 6.07 Å². The first-order valence-electron chi connectivity index (χ1n) is 6.60. The van der Waals surface area contributed by atoms with Crippen molar-refractivity contribution in [1.82, 2.24) is 15.0 Å². The van der Waals surface area contributed by atoms with Gasteiger partial charge in [0.1, 0.15) is 11.3 Å². The highest BCUT2D eigenvalue weighted by Gasteiger charge is 2.13. The van der Waals surface area contributed by atoms with Gasteiger partial charge in [-0.15, -0.1) is 0 Å². The van der Waals surface area contributed by atoms with E-state index in [1.807, 2.05) is 0 Å². The van der Waals surface area contributed by atoms with E-state index >= 15 is 0 Å². The first kappa shape index (κ1) is 14.4. The fourth-order valence-electron chi connectivity index (χ4n) is 1.97. The summed E-state index contributed by atoms with van der Waals surface area (Å²) in [7, 11) is 0. The molecular formula is C13H18FN5O. The van der Waals surface area contributed by atoms with E-state index in [2.05, 4.69) is 27.2 Å². The summed E-state index contributed by atoms with van der Waals surface area (Å²) in [6.45, 7) is 2.06. The Morgan fingerprint density at radius 2 is 2.25 bits per heavy atom. The Balaban J connectivity index is 2.32. The zero-order valence-electron chi connectivity index (χ0n) is 11.3. The van der Waals surface area contributed by atoms with Crippen LogP contribution in [0.2, 0.25) is 0 Å². The minimum Gasteiger partial charge on any atom is -0.394 e. The molecule has 2 aromatic heterocycles. The smallest absolute Gasteiger partial charge is 0.222 e. The van der Waals surface area contributed by atoms with E-state index < -0.39 is 5.82 Å². The number of unbranched alkanes of at least 4 members (excludes halogenated alkanes) is 1. The van der Waals surface area contributed by atoms with Crippen LogP contribution in [-0.2, 0) is 0 Å². The zero-order chi connectivity index (χ0) is 14.5. The number of nitrogens with two attached hydrogens (primary N) is 1. The predicted octanol–water partition coefficient (Wildman–Crippen LogP) is 1.71. The van der Waals surface area contributed by atoms with Gasteiger partial charge in [-0.25, -0.2) is 14.4 Å². The summed E-state index contributed by atoms with van der Waals surface area (Å²) in [5, 5.41) is 12.5. The first-order valence-corrected chi connectivity index (χ1v) is 6.60. The van der Waals surface area contributed by atoms with E-state index in [-0.39, 0.29) is 18.6 Å². The molecule has 7 heteroatoms. The number of nitrogens with one attached hydrogen (secondary N) is 1. The van der Waals surface area contributed by atoms with Crippen molar-refractivity contribution in [2.24, 2.45) is 0 Å². The number of rotatable bonds is 6. The second kappa shape index (κ2) is 6.42. The lowest BCUT2D eigenvalue weighted by Gasteiger charge is -2.17. The molecule has 6 nitrogen and oxygen atoms in total. The van der Waals surface area contributed by atoms with Gasteiger partial charge >= 0.3 is 0 Å². The highest BCUT2D eigenvalue weighted by molar-refractivity contribution is 5.86.